The molecular formula is C11H21N5O3. The maximum Gasteiger partial charge on any atom is 0.324 e. The summed E-state index contributed by atoms with van der Waals surface area (Å²) in [5, 5.41) is 0. The summed E-state index contributed by atoms with van der Waals surface area (Å²) in [7, 11) is 0. The van der Waals surface area contributed by atoms with Gasteiger partial charge < -0.3 is 14.2 Å². The fourth-order valence-corrected chi connectivity index (χ4v) is 1.14. The SMILES string of the molecule is CCOc1nc(NN)nc(OCCOC(C)(C)C)n1. The minimum absolute atomic E-state index is 0.143. The van der Waals surface area contributed by atoms with Crippen molar-refractivity contribution in [3.63, 3.8) is 0 Å². The summed E-state index contributed by atoms with van der Waals surface area (Å²) in [4.78, 5) is 11.9. The van der Waals surface area contributed by atoms with E-state index in [1.807, 2.05) is 27.7 Å². The molecule has 1 heterocycles. The predicted octanol–water partition coefficient (Wildman–Crippen LogP) is 0.750. The van der Waals surface area contributed by atoms with Crippen LogP contribution in [-0.2, 0) is 4.74 Å². The van der Waals surface area contributed by atoms with E-state index in [9.17, 15) is 0 Å². The summed E-state index contributed by atoms with van der Waals surface area (Å²) in [5.74, 6) is 5.44. The molecule has 108 valence electrons. The Bertz CT molecular complexity index is 394. The third-order valence-corrected chi connectivity index (χ3v) is 1.85. The Balaban J connectivity index is 2.54. The van der Waals surface area contributed by atoms with E-state index < -0.39 is 0 Å². The van der Waals surface area contributed by atoms with Crippen LogP contribution in [0, 0.1) is 0 Å². The minimum Gasteiger partial charge on any atom is -0.464 e. The molecule has 8 nitrogen and oxygen atoms in total. The number of nitrogens with zero attached hydrogens (tertiary/aromatic N) is 3. The number of hydrazine groups is 1. The average Bonchev–Trinajstić information content (AvgIpc) is 2.34. The predicted molar refractivity (Wildman–Crippen MR) is 70.0 cm³/mol. The van der Waals surface area contributed by atoms with Gasteiger partial charge in [-0.05, 0) is 27.7 Å². The standard InChI is InChI=1S/C11H21N5O3/c1-5-17-9-13-8(16-12)14-10(15-9)18-6-7-19-11(2,3)4/h5-7,12H2,1-4H3,(H,13,14,15,16). The summed E-state index contributed by atoms with van der Waals surface area (Å²) in [6.07, 6.45) is 0. The number of aromatic nitrogens is 3. The smallest absolute Gasteiger partial charge is 0.324 e. The van der Waals surface area contributed by atoms with Crippen LogP contribution in [0.15, 0.2) is 0 Å². The third kappa shape index (κ3) is 6.16. The van der Waals surface area contributed by atoms with E-state index in [0.717, 1.165) is 0 Å². The second-order valence-corrected chi connectivity index (χ2v) is 4.61. The van der Waals surface area contributed by atoms with E-state index in [1.54, 1.807) is 0 Å². The number of nitrogens with one attached hydrogen (secondary N) is 1. The van der Waals surface area contributed by atoms with E-state index in [2.05, 4.69) is 20.4 Å². The highest BCUT2D eigenvalue weighted by atomic mass is 16.5. The number of rotatable bonds is 7. The second kappa shape index (κ2) is 7.05. The van der Waals surface area contributed by atoms with Crippen molar-refractivity contribution in [2.45, 2.75) is 33.3 Å². The van der Waals surface area contributed by atoms with Crippen molar-refractivity contribution in [1.29, 1.82) is 0 Å². The minimum atomic E-state index is -0.205. The number of nitrogens with two attached hydrogens (primary N) is 1. The van der Waals surface area contributed by atoms with Crippen LogP contribution in [0.3, 0.4) is 0 Å². The molecule has 0 aliphatic rings. The van der Waals surface area contributed by atoms with Gasteiger partial charge in [0.05, 0.1) is 18.8 Å². The molecule has 0 amide bonds. The van der Waals surface area contributed by atoms with E-state index in [-0.39, 0.29) is 23.6 Å². The van der Waals surface area contributed by atoms with Gasteiger partial charge >= 0.3 is 12.0 Å². The van der Waals surface area contributed by atoms with Crippen molar-refractivity contribution in [3.8, 4) is 12.0 Å². The summed E-state index contributed by atoms with van der Waals surface area (Å²) in [6.45, 7) is 8.96. The molecule has 1 aromatic rings. The molecule has 0 aliphatic heterocycles. The monoisotopic (exact) mass is 271 g/mol. The van der Waals surface area contributed by atoms with Gasteiger partial charge in [0.2, 0.25) is 5.95 Å². The molecule has 0 fully saturated rings. The molecule has 3 N–H and O–H groups in total. The van der Waals surface area contributed by atoms with Crippen LogP contribution in [0.5, 0.6) is 12.0 Å². The molecular weight excluding hydrogens is 250 g/mol. The van der Waals surface area contributed by atoms with Gasteiger partial charge in [0.1, 0.15) is 6.61 Å². The van der Waals surface area contributed by atoms with E-state index >= 15 is 0 Å². The van der Waals surface area contributed by atoms with Gasteiger partial charge in [-0.15, -0.1) is 4.98 Å². The molecule has 0 aromatic carbocycles. The largest absolute Gasteiger partial charge is 0.464 e. The zero-order chi connectivity index (χ0) is 14.3. The van der Waals surface area contributed by atoms with Crippen molar-refractivity contribution in [1.82, 2.24) is 15.0 Å². The Morgan fingerprint density at radius 1 is 1.05 bits per heavy atom. The van der Waals surface area contributed by atoms with Crippen LogP contribution >= 0.6 is 0 Å². The molecule has 0 unspecified atom stereocenters. The zero-order valence-corrected chi connectivity index (χ0v) is 11.8. The first-order valence-corrected chi connectivity index (χ1v) is 6.07. The molecule has 0 aliphatic carbocycles. The lowest BCUT2D eigenvalue weighted by atomic mass is 10.2. The highest BCUT2D eigenvalue weighted by molar-refractivity contribution is 5.25. The Labute approximate surface area is 112 Å². The van der Waals surface area contributed by atoms with Gasteiger partial charge in [0.15, 0.2) is 0 Å². The molecule has 0 saturated carbocycles. The van der Waals surface area contributed by atoms with Crippen LogP contribution in [0.25, 0.3) is 0 Å². The zero-order valence-electron chi connectivity index (χ0n) is 11.8. The summed E-state index contributed by atoms with van der Waals surface area (Å²) in [5.41, 5.74) is 2.12. The van der Waals surface area contributed by atoms with Gasteiger partial charge in [-0.1, -0.05) is 0 Å². The number of hydrogen-bond acceptors (Lipinski definition) is 8. The van der Waals surface area contributed by atoms with E-state index in [1.165, 1.54) is 0 Å². The third-order valence-electron chi connectivity index (χ3n) is 1.85. The summed E-state index contributed by atoms with van der Waals surface area (Å²) < 4.78 is 16.1. The maximum atomic E-state index is 5.52. The molecule has 19 heavy (non-hydrogen) atoms. The number of ether oxygens (including phenoxy) is 3. The normalized spacial score (nSPS) is 11.2. The van der Waals surface area contributed by atoms with Crippen LogP contribution in [0.4, 0.5) is 5.95 Å². The van der Waals surface area contributed by atoms with Crippen molar-refractivity contribution in [2.24, 2.45) is 5.84 Å². The van der Waals surface area contributed by atoms with Crippen LogP contribution in [0.2, 0.25) is 0 Å². The number of anilines is 1. The Hall–Kier alpha value is -1.67. The summed E-state index contributed by atoms with van der Waals surface area (Å²) >= 11 is 0. The fraction of sp³-hybridized carbons (Fsp3) is 0.727. The van der Waals surface area contributed by atoms with Gasteiger partial charge in [-0.2, -0.15) is 9.97 Å². The number of hydrogen-bond donors (Lipinski definition) is 2. The van der Waals surface area contributed by atoms with Gasteiger partial charge in [-0.3, -0.25) is 5.43 Å². The van der Waals surface area contributed by atoms with Crippen molar-refractivity contribution in [3.05, 3.63) is 0 Å². The number of nitrogen functional groups attached to an aromatic ring is 1. The molecule has 1 rings (SSSR count). The van der Waals surface area contributed by atoms with Gasteiger partial charge in [0.25, 0.3) is 0 Å². The maximum absolute atomic E-state index is 5.52. The van der Waals surface area contributed by atoms with Crippen LogP contribution in [0.1, 0.15) is 27.7 Å². The highest BCUT2D eigenvalue weighted by Gasteiger charge is 2.11. The molecule has 0 bridgehead atoms. The van der Waals surface area contributed by atoms with Crippen molar-refractivity contribution in [2.75, 3.05) is 25.2 Å². The molecule has 0 spiro atoms. The van der Waals surface area contributed by atoms with Crippen LogP contribution < -0.4 is 20.7 Å². The second-order valence-electron chi connectivity index (χ2n) is 4.61. The molecule has 0 atom stereocenters. The quantitative estimate of drug-likeness (QED) is 0.425. The first kappa shape index (κ1) is 15.4. The summed E-state index contributed by atoms with van der Waals surface area (Å²) in [6, 6.07) is 0.307. The first-order valence-electron chi connectivity index (χ1n) is 6.07. The lowest BCUT2D eigenvalue weighted by Gasteiger charge is -2.19. The topological polar surface area (TPSA) is 104 Å². The Morgan fingerprint density at radius 3 is 2.21 bits per heavy atom. The van der Waals surface area contributed by atoms with E-state index in [4.69, 9.17) is 20.1 Å². The molecule has 8 heteroatoms. The van der Waals surface area contributed by atoms with Gasteiger partial charge in [0, 0.05) is 0 Å². The average molecular weight is 271 g/mol. The van der Waals surface area contributed by atoms with Crippen molar-refractivity contribution >= 4 is 5.95 Å². The first-order chi connectivity index (χ1) is 8.94. The molecule has 1 aromatic heterocycles. The highest BCUT2D eigenvalue weighted by Crippen LogP contribution is 2.12. The lowest BCUT2D eigenvalue weighted by molar-refractivity contribution is -0.0174. The Morgan fingerprint density at radius 2 is 1.68 bits per heavy atom. The van der Waals surface area contributed by atoms with Gasteiger partial charge in [-0.25, -0.2) is 5.84 Å². The lowest BCUT2D eigenvalue weighted by Crippen LogP contribution is -2.23. The molecule has 0 saturated heterocycles. The Kier molecular flexibility index (Phi) is 5.71. The fourth-order valence-electron chi connectivity index (χ4n) is 1.14. The molecule has 0 radical (unpaired) electrons. The van der Waals surface area contributed by atoms with E-state index in [0.29, 0.717) is 19.8 Å². The van der Waals surface area contributed by atoms with Crippen molar-refractivity contribution < 1.29 is 14.2 Å². The van der Waals surface area contributed by atoms with Crippen LogP contribution in [-0.4, -0.2) is 40.4 Å².